The number of ether oxygens (including phenoxy) is 2. The van der Waals surface area contributed by atoms with E-state index in [0.29, 0.717) is 11.3 Å². The van der Waals surface area contributed by atoms with Crippen molar-refractivity contribution in [3.8, 4) is 34.1 Å². The van der Waals surface area contributed by atoms with Gasteiger partial charge in [-0.15, -0.1) is 0 Å². The van der Waals surface area contributed by atoms with E-state index in [0.717, 1.165) is 44.7 Å². The maximum Gasteiger partial charge on any atom is 0.417 e. The molecule has 216 valence electrons. The second kappa shape index (κ2) is 11.3. The summed E-state index contributed by atoms with van der Waals surface area (Å²) < 4.78 is 47.3. The maximum atomic E-state index is 15.1. The molecule has 0 saturated heterocycles. The zero-order valence-corrected chi connectivity index (χ0v) is 23.0. The summed E-state index contributed by atoms with van der Waals surface area (Å²) in [7, 11) is 0. The van der Waals surface area contributed by atoms with Gasteiger partial charge in [-0.1, -0.05) is 0 Å². The van der Waals surface area contributed by atoms with Crippen molar-refractivity contribution >= 4 is 28.8 Å². The van der Waals surface area contributed by atoms with Crippen LogP contribution in [-0.4, -0.2) is 29.2 Å². The number of amides is 1. The third kappa shape index (κ3) is 5.50. The van der Waals surface area contributed by atoms with E-state index in [1.165, 1.54) is 35.8 Å². The number of hydrogen-bond donors (Lipinski definition) is 1. The summed E-state index contributed by atoms with van der Waals surface area (Å²) in [6.45, 7) is 1.81. The quantitative estimate of drug-likeness (QED) is 0.257. The molecule has 4 heterocycles. The minimum Gasteiger partial charge on any atom is -0.452 e. The lowest BCUT2D eigenvalue weighted by Gasteiger charge is -2.13. The van der Waals surface area contributed by atoms with Gasteiger partial charge in [0.15, 0.2) is 17.3 Å². The van der Waals surface area contributed by atoms with E-state index in [4.69, 9.17) is 9.47 Å². The number of nitrogens with one attached hydrogen (secondary N) is 1. The van der Waals surface area contributed by atoms with Gasteiger partial charge < -0.3 is 9.47 Å². The van der Waals surface area contributed by atoms with Crippen molar-refractivity contribution < 1.29 is 23.0 Å². The predicted molar refractivity (Wildman–Crippen MR) is 154 cm³/mol. The second-order valence-electron chi connectivity index (χ2n) is 9.11. The van der Waals surface area contributed by atoms with Gasteiger partial charge >= 0.3 is 17.3 Å². The molecule has 2 aromatic carbocycles. The number of aryl methyl sites for hydroxylation is 1. The van der Waals surface area contributed by atoms with Gasteiger partial charge in [0, 0.05) is 47.2 Å². The average molecular weight is 603 g/mol. The number of carbonyl (C=O) groups excluding carboxylic acids is 1. The highest BCUT2D eigenvalue weighted by Crippen LogP contribution is 2.33. The zero-order chi connectivity index (χ0) is 30.1. The predicted octanol–water partition coefficient (Wildman–Crippen LogP) is 5.47. The van der Waals surface area contributed by atoms with E-state index >= 15 is 4.39 Å². The van der Waals surface area contributed by atoms with Crippen LogP contribution in [0.1, 0.15) is 6.92 Å². The molecular formula is C29H20F2N6O5S. The fourth-order valence-corrected chi connectivity index (χ4v) is 4.84. The summed E-state index contributed by atoms with van der Waals surface area (Å²) >= 11 is 1.29. The van der Waals surface area contributed by atoms with Crippen molar-refractivity contribution in [1.82, 2.24) is 23.1 Å². The highest BCUT2D eigenvalue weighted by Gasteiger charge is 2.18. The second-order valence-corrected chi connectivity index (χ2v) is 9.77. The van der Waals surface area contributed by atoms with Gasteiger partial charge in [0.05, 0.1) is 18.1 Å². The number of carbonyl (C=O) groups is 1. The first-order valence-electron chi connectivity index (χ1n) is 12.8. The molecular weight excluding hydrogens is 582 g/mol. The minimum absolute atomic E-state index is 0.0186. The number of pyridine rings is 1. The number of nitrogens with zero attached hydrogens (tertiary/aromatic N) is 5. The highest BCUT2D eigenvalue weighted by molar-refractivity contribution is 7.03. The molecule has 0 aliphatic heterocycles. The van der Waals surface area contributed by atoms with Crippen LogP contribution in [0.3, 0.4) is 0 Å². The summed E-state index contributed by atoms with van der Waals surface area (Å²) in [5.41, 5.74) is 0.710. The molecule has 6 rings (SSSR count). The Morgan fingerprint density at radius 2 is 1.79 bits per heavy atom. The lowest BCUT2D eigenvalue weighted by atomic mass is 10.1. The van der Waals surface area contributed by atoms with E-state index < -0.39 is 34.7 Å². The molecule has 0 aliphatic carbocycles. The summed E-state index contributed by atoms with van der Waals surface area (Å²) in [5, 5.41) is 8.47. The van der Waals surface area contributed by atoms with Crippen LogP contribution in [0.25, 0.3) is 22.3 Å². The van der Waals surface area contributed by atoms with E-state index in [-0.39, 0.29) is 23.7 Å². The Morgan fingerprint density at radius 3 is 2.51 bits per heavy atom. The standard InChI is InChI=1S/C29H20F2N6O5S/c1-2-35-15-26(27(38)37(29(35)40)21-6-3-19(30)4-7-21)42-28(39)34-20-5-8-24(22(31)12-20)41-25-11-17(18-13-33-43-16-18)14-36-23(25)9-10-32-36/h3-16H,2H2,1H3,(H,34,39). The summed E-state index contributed by atoms with van der Waals surface area (Å²) in [6, 6.07) is 11.9. The largest absolute Gasteiger partial charge is 0.452 e. The van der Waals surface area contributed by atoms with E-state index in [2.05, 4.69) is 14.8 Å². The first kappa shape index (κ1) is 27.5. The molecule has 4 aromatic heterocycles. The molecule has 6 aromatic rings. The molecule has 0 aliphatic rings. The topological polar surface area (TPSA) is 122 Å². The van der Waals surface area contributed by atoms with Crippen LogP contribution in [0.5, 0.6) is 17.2 Å². The maximum absolute atomic E-state index is 15.1. The Labute approximate surface area is 245 Å². The Morgan fingerprint density at radius 1 is 0.977 bits per heavy atom. The SMILES string of the molecule is CCn1cc(OC(=O)Nc2ccc(Oc3cc(-c4cnsc4)cn4nccc34)c(F)c2)c(=O)n(-c2ccc(F)cc2)c1=O. The van der Waals surface area contributed by atoms with Crippen LogP contribution >= 0.6 is 11.5 Å². The van der Waals surface area contributed by atoms with Crippen molar-refractivity contribution in [2.45, 2.75) is 13.5 Å². The smallest absolute Gasteiger partial charge is 0.417 e. The monoisotopic (exact) mass is 602 g/mol. The fourth-order valence-electron chi connectivity index (χ4n) is 4.30. The van der Waals surface area contributed by atoms with Crippen molar-refractivity contribution in [2.75, 3.05) is 5.32 Å². The van der Waals surface area contributed by atoms with Crippen LogP contribution in [0.4, 0.5) is 19.3 Å². The molecule has 0 radical (unpaired) electrons. The first-order valence-corrected chi connectivity index (χ1v) is 13.6. The number of aromatic nitrogens is 5. The molecule has 0 fully saturated rings. The van der Waals surface area contributed by atoms with Crippen LogP contribution < -0.4 is 26.0 Å². The number of anilines is 1. The number of fused-ring (bicyclic) bond motifs is 1. The Balaban J connectivity index is 1.23. The number of halogens is 2. The Bertz CT molecular complexity index is 2090. The molecule has 0 unspecified atom stereocenters. The molecule has 11 nitrogen and oxygen atoms in total. The lowest BCUT2D eigenvalue weighted by Crippen LogP contribution is -2.39. The third-order valence-electron chi connectivity index (χ3n) is 6.39. The summed E-state index contributed by atoms with van der Waals surface area (Å²) in [4.78, 5) is 38.5. The summed E-state index contributed by atoms with van der Waals surface area (Å²) in [6.07, 6.45) is 5.10. The summed E-state index contributed by atoms with van der Waals surface area (Å²) in [5.74, 6) is -1.56. The van der Waals surface area contributed by atoms with Gasteiger partial charge in [0.1, 0.15) is 11.3 Å². The van der Waals surface area contributed by atoms with Gasteiger partial charge in [0.2, 0.25) is 5.75 Å². The molecule has 14 heteroatoms. The van der Waals surface area contributed by atoms with Crippen molar-refractivity contribution in [3.63, 3.8) is 0 Å². The molecule has 43 heavy (non-hydrogen) atoms. The number of benzene rings is 2. The van der Waals surface area contributed by atoms with Crippen LogP contribution in [0, 0.1) is 11.6 Å². The van der Waals surface area contributed by atoms with Crippen LogP contribution in [-0.2, 0) is 6.54 Å². The third-order valence-corrected chi connectivity index (χ3v) is 6.97. The van der Waals surface area contributed by atoms with E-state index in [1.54, 1.807) is 36.0 Å². The zero-order valence-electron chi connectivity index (χ0n) is 22.2. The van der Waals surface area contributed by atoms with Crippen LogP contribution in [0.15, 0.2) is 94.4 Å². The fraction of sp³-hybridized carbons (Fsp3) is 0.0690. The van der Waals surface area contributed by atoms with Crippen molar-refractivity contribution in [2.24, 2.45) is 0 Å². The van der Waals surface area contributed by atoms with Crippen molar-refractivity contribution in [1.29, 1.82) is 0 Å². The average Bonchev–Trinajstić information content (AvgIpc) is 3.70. The number of rotatable bonds is 7. The van der Waals surface area contributed by atoms with E-state index in [9.17, 15) is 18.8 Å². The molecule has 1 N–H and O–H groups in total. The normalized spacial score (nSPS) is 11.0. The van der Waals surface area contributed by atoms with Crippen LogP contribution in [0.2, 0.25) is 0 Å². The van der Waals surface area contributed by atoms with Gasteiger partial charge in [-0.05, 0) is 67.0 Å². The molecule has 0 atom stereocenters. The van der Waals surface area contributed by atoms with Gasteiger partial charge in [-0.2, -0.15) is 5.10 Å². The van der Waals surface area contributed by atoms with Gasteiger partial charge in [-0.25, -0.2) is 31.8 Å². The first-order chi connectivity index (χ1) is 20.8. The van der Waals surface area contributed by atoms with Gasteiger partial charge in [0.25, 0.3) is 0 Å². The molecule has 0 saturated carbocycles. The highest BCUT2D eigenvalue weighted by atomic mass is 32.1. The molecule has 0 bridgehead atoms. The Kier molecular flexibility index (Phi) is 7.26. The minimum atomic E-state index is -1.10. The Hall–Kier alpha value is -5.63. The van der Waals surface area contributed by atoms with Gasteiger partial charge in [-0.3, -0.25) is 14.7 Å². The molecule has 1 amide bonds. The van der Waals surface area contributed by atoms with Crippen molar-refractivity contribution in [3.05, 3.63) is 117 Å². The molecule has 0 spiro atoms. The number of hydrogen-bond acceptors (Lipinski definition) is 8. The van der Waals surface area contributed by atoms with E-state index in [1.807, 2.05) is 11.6 Å². The lowest BCUT2D eigenvalue weighted by molar-refractivity contribution is 0.213.